The molecule has 0 aliphatic heterocycles. The predicted molar refractivity (Wildman–Crippen MR) is 148 cm³/mol. The minimum absolute atomic E-state index is 0.105. The molecule has 40 heavy (non-hydrogen) atoms. The van der Waals surface area contributed by atoms with Crippen molar-refractivity contribution in [1.29, 1.82) is 0 Å². The topological polar surface area (TPSA) is 174 Å². The number of amides is 4. The molecule has 4 amide bonds. The van der Waals surface area contributed by atoms with Gasteiger partial charge in [-0.1, -0.05) is 13.8 Å². The molecule has 4 N–H and O–H groups in total. The van der Waals surface area contributed by atoms with Crippen molar-refractivity contribution < 1.29 is 38.2 Å². The van der Waals surface area contributed by atoms with Crippen molar-refractivity contribution in [2.24, 2.45) is 16.8 Å². The quantitative estimate of drug-likeness (QED) is 0.148. The lowest BCUT2D eigenvalue weighted by atomic mass is 9.92. The van der Waals surface area contributed by atoms with E-state index in [9.17, 15) is 24.0 Å². The molecule has 13 nitrogen and oxygen atoms in total. The third-order valence-electron chi connectivity index (χ3n) is 6.09. The van der Waals surface area contributed by atoms with E-state index >= 15 is 0 Å². The normalized spacial score (nSPS) is 20.3. The summed E-state index contributed by atoms with van der Waals surface area (Å²) >= 11 is 0. The van der Waals surface area contributed by atoms with Crippen LogP contribution in [0.3, 0.4) is 0 Å². The van der Waals surface area contributed by atoms with Gasteiger partial charge in [0.05, 0.1) is 13.0 Å². The van der Waals surface area contributed by atoms with Crippen molar-refractivity contribution in [3.8, 4) is 0 Å². The summed E-state index contributed by atoms with van der Waals surface area (Å²) in [7, 11) is 1.27. The smallest absolute Gasteiger partial charge is 0.437 e. The number of guanidine groups is 1. The number of aliphatic imine (C=N–C) groups is 1. The molecular formula is C27H47N5O8. The lowest BCUT2D eigenvalue weighted by Gasteiger charge is -2.31. The lowest BCUT2D eigenvalue weighted by Crippen LogP contribution is -2.57. The molecule has 0 radical (unpaired) electrons. The SMILES string of the molecule is CCC(CC)NC(=O)C(NC(C)=O)[C@@H]1CC(C(=O)OC)C[C@H]1N/C(=N/C(=O)OC(C)(C)C)NC(=O)OC(C)(C)C. The van der Waals surface area contributed by atoms with Gasteiger partial charge in [-0.15, -0.1) is 4.99 Å². The number of carbonyl (C=O) groups excluding carboxylic acids is 5. The van der Waals surface area contributed by atoms with Crippen molar-refractivity contribution in [3.63, 3.8) is 0 Å². The van der Waals surface area contributed by atoms with E-state index in [1.807, 2.05) is 13.8 Å². The van der Waals surface area contributed by atoms with Crippen LogP contribution in [0.4, 0.5) is 9.59 Å². The van der Waals surface area contributed by atoms with Crippen LogP contribution in [-0.4, -0.2) is 72.4 Å². The van der Waals surface area contributed by atoms with E-state index in [1.165, 1.54) is 14.0 Å². The highest BCUT2D eigenvalue weighted by Gasteiger charge is 2.46. The van der Waals surface area contributed by atoms with Gasteiger partial charge in [0.15, 0.2) is 0 Å². The Kier molecular flexibility index (Phi) is 12.9. The summed E-state index contributed by atoms with van der Waals surface area (Å²) in [6.07, 6.45) is -0.106. The maximum Gasteiger partial charge on any atom is 0.437 e. The zero-order chi connectivity index (χ0) is 30.8. The molecule has 0 aromatic carbocycles. The second kappa shape index (κ2) is 14.8. The predicted octanol–water partition coefficient (Wildman–Crippen LogP) is 2.77. The van der Waals surface area contributed by atoms with E-state index < -0.39 is 65.1 Å². The summed E-state index contributed by atoms with van der Waals surface area (Å²) in [5, 5.41) is 11.1. The molecule has 13 heteroatoms. The standard InChI is InChI=1S/C27H47N5O8/c1-11-17(12-2)29-21(34)20(28-15(3)33)18-13-16(22(35)38-10)14-19(18)30-23(31-24(36)39-26(4,5)6)32-25(37)40-27(7,8)9/h16-20H,11-14H2,1-10H3,(H,28,33)(H,29,34)(H2,30,31,32,36,37)/t16?,18-,19-,20?/m1/s1. The third-order valence-corrected chi connectivity index (χ3v) is 6.09. The molecule has 0 saturated heterocycles. The van der Waals surface area contributed by atoms with Gasteiger partial charge in [0, 0.05) is 24.9 Å². The van der Waals surface area contributed by atoms with Gasteiger partial charge in [0.2, 0.25) is 17.8 Å². The van der Waals surface area contributed by atoms with Crippen molar-refractivity contribution in [2.75, 3.05) is 7.11 Å². The van der Waals surface area contributed by atoms with Gasteiger partial charge in [-0.05, 0) is 67.2 Å². The highest BCUT2D eigenvalue weighted by Crippen LogP contribution is 2.35. The molecule has 1 aliphatic rings. The second-order valence-corrected chi connectivity index (χ2v) is 11.9. The first-order valence-corrected chi connectivity index (χ1v) is 13.6. The fourth-order valence-electron chi connectivity index (χ4n) is 4.38. The number of hydrogen-bond acceptors (Lipinski definition) is 8. The molecule has 0 heterocycles. The summed E-state index contributed by atoms with van der Waals surface area (Å²) in [6.45, 7) is 15.2. The molecule has 1 saturated carbocycles. The van der Waals surface area contributed by atoms with E-state index in [-0.39, 0.29) is 24.8 Å². The first-order valence-electron chi connectivity index (χ1n) is 13.6. The fraction of sp³-hybridized carbons (Fsp3) is 0.778. The molecule has 228 valence electrons. The number of nitrogens with one attached hydrogen (secondary N) is 4. The molecule has 0 aromatic heterocycles. The Labute approximate surface area is 236 Å². The first kappa shape index (κ1) is 34.6. The van der Waals surface area contributed by atoms with E-state index in [2.05, 4.69) is 26.3 Å². The number of alkyl carbamates (subject to hydrolysis) is 1. The Bertz CT molecular complexity index is 950. The number of ether oxygens (including phenoxy) is 3. The van der Waals surface area contributed by atoms with E-state index in [4.69, 9.17) is 14.2 Å². The summed E-state index contributed by atoms with van der Waals surface area (Å²) in [6, 6.07) is -1.81. The highest BCUT2D eigenvalue weighted by molar-refractivity contribution is 5.99. The molecule has 1 rings (SSSR count). The van der Waals surface area contributed by atoms with Gasteiger partial charge in [-0.25, -0.2) is 9.59 Å². The Balaban J connectivity index is 3.45. The second-order valence-electron chi connectivity index (χ2n) is 11.9. The van der Waals surface area contributed by atoms with Crippen molar-refractivity contribution in [1.82, 2.24) is 21.3 Å². The van der Waals surface area contributed by atoms with Crippen LogP contribution in [0.15, 0.2) is 4.99 Å². The van der Waals surface area contributed by atoms with E-state index in [0.717, 1.165) is 0 Å². The number of rotatable bonds is 8. The summed E-state index contributed by atoms with van der Waals surface area (Å²) in [5.74, 6) is -2.86. The van der Waals surface area contributed by atoms with Crippen molar-refractivity contribution in [3.05, 3.63) is 0 Å². The Morgan fingerprint density at radius 1 is 0.900 bits per heavy atom. The zero-order valence-corrected chi connectivity index (χ0v) is 25.4. The highest BCUT2D eigenvalue weighted by atomic mass is 16.6. The van der Waals surface area contributed by atoms with Crippen molar-refractivity contribution >= 4 is 35.9 Å². The first-order chi connectivity index (χ1) is 18.4. The van der Waals surface area contributed by atoms with Gasteiger partial charge in [-0.2, -0.15) is 0 Å². The zero-order valence-electron chi connectivity index (χ0n) is 25.4. The van der Waals surface area contributed by atoms with Crippen LogP contribution < -0.4 is 21.3 Å². The van der Waals surface area contributed by atoms with Gasteiger partial charge >= 0.3 is 18.2 Å². The number of hydrogen-bond donors (Lipinski definition) is 4. The average molecular weight is 570 g/mol. The summed E-state index contributed by atoms with van der Waals surface area (Å²) in [4.78, 5) is 67.0. The van der Waals surface area contributed by atoms with Crippen molar-refractivity contribution in [2.45, 2.75) is 117 Å². The van der Waals surface area contributed by atoms with Crippen LogP contribution in [0, 0.1) is 11.8 Å². The third kappa shape index (κ3) is 12.2. The monoisotopic (exact) mass is 569 g/mol. The Morgan fingerprint density at radius 2 is 1.48 bits per heavy atom. The fourth-order valence-corrected chi connectivity index (χ4v) is 4.38. The molecule has 1 fully saturated rings. The maximum absolute atomic E-state index is 13.4. The maximum atomic E-state index is 13.4. The largest absolute Gasteiger partial charge is 0.469 e. The van der Waals surface area contributed by atoms with Gasteiger partial charge in [0.1, 0.15) is 17.2 Å². The molecule has 0 bridgehead atoms. The van der Waals surface area contributed by atoms with Crippen LogP contribution in [0.2, 0.25) is 0 Å². The molecule has 4 atom stereocenters. The summed E-state index contributed by atoms with van der Waals surface area (Å²) < 4.78 is 15.5. The van der Waals surface area contributed by atoms with Crippen LogP contribution in [0.1, 0.15) is 88.0 Å². The van der Waals surface area contributed by atoms with Crippen LogP contribution >= 0.6 is 0 Å². The Hall–Kier alpha value is -3.38. The van der Waals surface area contributed by atoms with Gasteiger partial charge < -0.3 is 30.2 Å². The van der Waals surface area contributed by atoms with Gasteiger partial charge in [0.25, 0.3) is 0 Å². The number of nitrogens with zero attached hydrogens (tertiary/aromatic N) is 1. The number of carbonyl (C=O) groups is 5. The van der Waals surface area contributed by atoms with Gasteiger partial charge in [-0.3, -0.25) is 19.7 Å². The molecular weight excluding hydrogens is 522 g/mol. The minimum atomic E-state index is -1.02. The molecule has 0 spiro atoms. The van der Waals surface area contributed by atoms with E-state index in [1.54, 1.807) is 41.5 Å². The van der Waals surface area contributed by atoms with E-state index in [0.29, 0.717) is 12.8 Å². The molecule has 0 aromatic rings. The number of esters is 1. The average Bonchev–Trinajstić information content (AvgIpc) is 3.20. The molecule has 2 unspecified atom stereocenters. The number of methoxy groups -OCH3 is 1. The molecule has 1 aliphatic carbocycles. The van der Waals surface area contributed by atoms with Crippen LogP contribution in [0.5, 0.6) is 0 Å². The van der Waals surface area contributed by atoms with Crippen LogP contribution in [-0.2, 0) is 28.6 Å². The lowest BCUT2D eigenvalue weighted by molar-refractivity contribution is -0.145. The van der Waals surface area contributed by atoms with Crippen LogP contribution in [0.25, 0.3) is 0 Å². The Morgan fingerprint density at radius 3 is 1.95 bits per heavy atom. The minimum Gasteiger partial charge on any atom is -0.469 e. The summed E-state index contributed by atoms with van der Waals surface area (Å²) in [5.41, 5.74) is -1.69.